The monoisotopic (exact) mass is 154 g/mol. The molecule has 62 valence electrons. The van der Waals surface area contributed by atoms with Gasteiger partial charge < -0.3 is 5.32 Å². The van der Waals surface area contributed by atoms with E-state index in [-0.39, 0.29) is 11.9 Å². The average Bonchev–Trinajstić information content (AvgIpc) is 1.98. The minimum Gasteiger partial charge on any atom is -0.355 e. The van der Waals surface area contributed by atoms with E-state index in [0.717, 1.165) is 0 Å². The van der Waals surface area contributed by atoms with Gasteiger partial charge in [0.25, 0.3) is 5.91 Å². The lowest BCUT2D eigenvalue weighted by Gasteiger charge is -1.97. The predicted molar refractivity (Wildman–Crippen MR) is 46.8 cm³/mol. The van der Waals surface area contributed by atoms with Gasteiger partial charge in [-0.25, -0.2) is 0 Å². The van der Waals surface area contributed by atoms with Gasteiger partial charge in [0.05, 0.1) is 0 Å². The van der Waals surface area contributed by atoms with Crippen LogP contribution in [0.3, 0.4) is 0 Å². The van der Waals surface area contributed by atoms with Crippen LogP contribution in [-0.2, 0) is 4.79 Å². The fourth-order valence-electron chi connectivity index (χ4n) is 0.458. The molecule has 1 N–H and O–H groups in total. The molecular formula is C8H14N2O. The van der Waals surface area contributed by atoms with Crippen molar-refractivity contribution in [3.63, 3.8) is 0 Å². The third kappa shape index (κ3) is 4.31. The van der Waals surface area contributed by atoms with Crippen LogP contribution in [0.2, 0.25) is 0 Å². The zero-order valence-corrected chi connectivity index (χ0v) is 7.22. The number of likely N-dealkylation sites (N-methyl/N-ethyl adjacent to an activating group) is 1. The lowest BCUT2D eigenvalue weighted by Crippen LogP contribution is -2.20. The van der Waals surface area contributed by atoms with Gasteiger partial charge in [0.2, 0.25) is 0 Å². The van der Waals surface area contributed by atoms with E-state index in [4.69, 9.17) is 0 Å². The summed E-state index contributed by atoms with van der Waals surface area (Å²) in [5, 5.41) is 2.46. The van der Waals surface area contributed by atoms with Crippen LogP contribution in [0.15, 0.2) is 17.1 Å². The molecule has 0 aromatic rings. The Morgan fingerprint density at radius 1 is 1.64 bits per heavy atom. The molecule has 0 saturated heterocycles. The SMILES string of the molecule is C=C(C=NC(C)C)C(=O)NC. The Morgan fingerprint density at radius 3 is 2.55 bits per heavy atom. The van der Waals surface area contributed by atoms with Gasteiger partial charge in [0.15, 0.2) is 0 Å². The number of carbonyl (C=O) groups excluding carboxylic acids is 1. The number of aliphatic imine (C=N–C) groups is 1. The van der Waals surface area contributed by atoms with Gasteiger partial charge >= 0.3 is 0 Å². The number of nitrogens with zero attached hydrogens (tertiary/aromatic N) is 1. The smallest absolute Gasteiger partial charge is 0.251 e. The minimum absolute atomic E-state index is 0.186. The van der Waals surface area contributed by atoms with Crippen LogP contribution >= 0.6 is 0 Å². The molecule has 1 amide bonds. The number of rotatable bonds is 3. The summed E-state index contributed by atoms with van der Waals surface area (Å²) in [5.41, 5.74) is 0.390. The van der Waals surface area contributed by atoms with Gasteiger partial charge in [0, 0.05) is 24.9 Å². The number of hydrogen-bond donors (Lipinski definition) is 1. The van der Waals surface area contributed by atoms with Crippen molar-refractivity contribution in [2.24, 2.45) is 4.99 Å². The molecule has 0 aliphatic carbocycles. The molecule has 0 saturated carbocycles. The number of nitrogens with one attached hydrogen (secondary N) is 1. The Balaban J connectivity index is 3.97. The highest BCUT2D eigenvalue weighted by molar-refractivity contribution is 6.11. The van der Waals surface area contributed by atoms with Crippen molar-refractivity contribution in [2.75, 3.05) is 7.05 Å². The Hall–Kier alpha value is -1.12. The van der Waals surface area contributed by atoms with Crippen LogP contribution < -0.4 is 5.32 Å². The fraction of sp³-hybridized carbons (Fsp3) is 0.500. The highest BCUT2D eigenvalue weighted by Crippen LogP contribution is 1.89. The van der Waals surface area contributed by atoms with Crippen LogP contribution in [0.1, 0.15) is 13.8 Å². The molecule has 0 aromatic carbocycles. The van der Waals surface area contributed by atoms with Crippen LogP contribution in [0.5, 0.6) is 0 Å². The molecule has 0 radical (unpaired) electrons. The lowest BCUT2D eigenvalue weighted by atomic mass is 10.3. The highest BCUT2D eigenvalue weighted by Gasteiger charge is 1.99. The Kier molecular flexibility index (Phi) is 4.18. The number of carbonyl (C=O) groups is 1. The first-order chi connectivity index (χ1) is 5.07. The van der Waals surface area contributed by atoms with Crippen LogP contribution in [0.25, 0.3) is 0 Å². The van der Waals surface area contributed by atoms with Gasteiger partial charge in [0.1, 0.15) is 0 Å². The lowest BCUT2D eigenvalue weighted by molar-refractivity contribution is -0.116. The van der Waals surface area contributed by atoms with Gasteiger partial charge in [-0.2, -0.15) is 0 Å². The van der Waals surface area contributed by atoms with Crippen LogP contribution in [-0.4, -0.2) is 25.2 Å². The quantitative estimate of drug-likeness (QED) is 0.473. The van der Waals surface area contributed by atoms with Crippen molar-refractivity contribution in [2.45, 2.75) is 19.9 Å². The molecule has 0 spiro atoms. The van der Waals surface area contributed by atoms with Crippen molar-refractivity contribution in [1.82, 2.24) is 5.32 Å². The van der Waals surface area contributed by atoms with Crippen molar-refractivity contribution in [3.8, 4) is 0 Å². The number of hydrogen-bond acceptors (Lipinski definition) is 2. The third-order valence-corrected chi connectivity index (χ3v) is 1.05. The summed E-state index contributed by atoms with van der Waals surface area (Å²) in [7, 11) is 1.57. The van der Waals surface area contributed by atoms with E-state index in [9.17, 15) is 4.79 Å². The molecule has 3 nitrogen and oxygen atoms in total. The molecular weight excluding hydrogens is 140 g/mol. The molecule has 0 aliphatic heterocycles. The van der Waals surface area contributed by atoms with E-state index in [0.29, 0.717) is 5.57 Å². The molecule has 0 fully saturated rings. The summed E-state index contributed by atoms with van der Waals surface area (Å²) < 4.78 is 0. The van der Waals surface area contributed by atoms with E-state index in [1.165, 1.54) is 6.21 Å². The molecule has 0 heterocycles. The fourth-order valence-corrected chi connectivity index (χ4v) is 0.458. The van der Waals surface area contributed by atoms with Crippen molar-refractivity contribution in [1.29, 1.82) is 0 Å². The zero-order valence-electron chi connectivity index (χ0n) is 7.22. The summed E-state index contributed by atoms with van der Waals surface area (Å²) in [6.07, 6.45) is 1.49. The topological polar surface area (TPSA) is 41.5 Å². The van der Waals surface area contributed by atoms with Crippen molar-refractivity contribution >= 4 is 12.1 Å². The Morgan fingerprint density at radius 2 is 2.18 bits per heavy atom. The summed E-state index contributed by atoms with van der Waals surface area (Å²) >= 11 is 0. The summed E-state index contributed by atoms with van der Waals surface area (Å²) in [5.74, 6) is -0.186. The third-order valence-electron chi connectivity index (χ3n) is 1.05. The average molecular weight is 154 g/mol. The van der Waals surface area contributed by atoms with E-state index >= 15 is 0 Å². The molecule has 0 rings (SSSR count). The molecule has 0 atom stereocenters. The second kappa shape index (κ2) is 4.66. The molecule has 11 heavy (non-hydrogen) atoms. The maximum Gasteiger partial charge on any atom is 0.251 e. The predicted octanol–water partition coefficient (Wildman–Crippen LogP) is 0.768. The molecule has 0 unspecified atom stereocenters. The molecule has 0 aromatic heterocycles. The summed E-state index contributed by atoms with van der Waals surface area (Å²) in [6.45, 7) is 7.41. The largest absolute Gasteiger partial charge is 0.355 e. The Labute approximate surface area is 67.2 Å². The summed E-state index contributed by atoms with van der Waals surface area (Å²) in [6, 6.07) is 0.205. The van der Waals surface area contributed by atoms with Crippen molar-refractivity contribution in [3.05, 3.63) is 12.2 Å². The van der Waals surface area contributed by atoms with Crippen molar-refractivity contribution < 1.29 is 4.79 Å². The second-order valence-electron chi connectivity index (χ2n) is 2.48. The van der Waals surface area contributed by atoms with Gasteiger partial charge in [-0.1, -0.05) is 6.58 Å². The summed E-state index contributed by atoms with van der Waals surface area (Å²) in [4.78, 5) is 14.8. The molecule has 3 heteroatoms. The van der Waals surface area contributed by atoms with E-state index < -0.39 is 0 Å². The highest BCUT2D eigenvalue weighted by atomic mass is 16.1. The standard InChI is InChI=1S/C8H14N2O/c1-6(2)10-5-7(3)8(11)9-4/h5-6H,3H2,1-2,4H3,(H,9,11). The molecule has 0 aliphatic rings. The van der Waals surface area contributed by atoms with Gasteiger partial charge in [-0.3, -0.25) is 9.79 Å². The first-order valence-electron chi connectivity index (χ1n) is 3.52. The van der Waals surface area contributed by atoms with Crippen LogP contribution in [0, 0.1) is 0 Å². The maximum absolute atomic E-state index is 10.8. The van der Waals surface area contributed by atoms with E-state index in [1.54, 1.807) is 7.05 Å². The van der Waals surface area contributed by atoms with Gasteiger partial charge in [-0.05, 0) is 13.8 Å². The van der Waals surface area contributed by atoms with E-state index in [1.807, 2.05) is 13.8 Å². The first-order valence-corrected chi connectivity index (χ1v) is 3.52. The van der Waals surface area contributed by atoms with E-state index in [2.05, 4.69) is 16.9 Å². The Bertz CT molecular complexity index is 183. The molecule has 0 bridgehead atoms. The normalized spacial score (nSPS) is 10.5. The first kappa shape index (κ1) is 9.88. The van der Waals surface area contributed by atoms with Crippen LogP contribution in [0.4, 0.5) is 0 Å². The van der Waals surface area contributed by atoms with Gasteiger partial charge in [-0.15, -0.1) is 0 Å². The minimum atomic E-state index is -0.186. The number of amides is 1. The second-order valence-corrected chi connectivity index (χ2v) is 2.48. The zero-order chi connectivity index (χ0) is 8.85. The maximum atomic E-state index is 10.8.